The molecule has 104 valence electrons. The van der Waals surface area contributed by atoms with E-state index in [1.165, 1.54) is 12.3 Å². The van der Waals surface area contributed by atoms with E-state index in [1.807, 2.05) is 38.1 Å². The fourth-order valence-electron chi connectivity index (χ4n) is 1.85. The average Bonchev–Trinajstić information content (AvgIpc) is 2.42. The highest BCUT2D eigenvalue weighted by molar-refractivity contribution is 5.95. The molecule has 0 aliphatic heterocycles. The number of nitrogens with one attached hydrogen (secondary N) is 1. The summed E-state index contributed by atoms with van der Waals surface area (Å²) in [5, 5.41) is 2.74. The number of nitrogens with zero attached hydrogens (tertiary/aromatic N) is 1. The Morgan fingerprint density at radius 1 is 1.30 bits per heavy atom. The molecule has 1 unspecified atom stereocenters. The minimum Gasteiger partial charge on any atom is -0.381 e. The lowest BCUT2D eigenvalue weighted by atomic mass is 10.1. The fourth-order valence-corrected chi connectivity index (χ4v) is 1.85. The molecule has 0 radical (unpaired) electrons. The number of amides is 1. The van der Waals surface area contributed by atoms with Crippen LogP contribution in [0.5, 0.6) is 0 Å². The van der Waals surface area contributed by atoms with E-state index in [0.717, 1.165) is 11.1 Å². The number of halogens is 1. The number of hydrogen-bond donors (Lipinski definition) is 2. The number of hydrogen-bond acceptors (Lipinski definition) is 3. The fraction of sp³-hybridized carbons (Fsp3) is 0.200. The number of benzene rings is 1. The van der Waals surface area contributed by atoms with Crippen LogP contribution in [0.3, 0.4) is 0 Å². The molecular formula is C15H16FN3O. The van der Waals surface area contributed by atoms with Gasteiger partial charge in [-0.1, -0.05) is 29.8 Å². The first kappa shape index (κ1) is 14.0. The Kier molecular flexibility index (Phi) is 3.98. The molecule has 4 nitrogen and oxygen atoms in total. The Morgan fingerprint density at radius 3 is 2.60 bits per heavy atom. The number of aryl methyl sites for hydroxylation is 1. The van der Waals surface area contributed by atoms with Crippen molar-refractivity contribution in [2.45, 2.75) is 19.9 Å². The summed E-state index contributed by atoms with van der Waals surface area (Å²) in [6.45, 7) is 3.83. The molecule has 0 saturated heterocycles. The number of anilines is 1. The highest BCUT2D eigenvalue weighted by Gasteiger charge is 2.17. The van der Waals surface area contributed by atoms with Crippen LogP contribution in [0.1, 0.15) is 34.5 Å². The van der Waals surface area contributed by atoms with Gasteiger partial charge in [-0.05, 0) is 25.5 Å². The lowest BCUT2D eigenvalue weighted by Gasteiger charge is -2.15. The molecule has 0 fully saturated rings. The van der Waals surface area contributed by atoms with E-state index in [1.54, 1.807) is 0 Å². The Hall–Kier alpha value is -2.43. The van der Waals surface area contributed by atoms with Gasteiger partial charge in [-0.25, -0.2) is 9.37 Å². The van der Waals surface area contributed by atoms with E-state index in [2.05, 4.69) is 10.3 Å². The van der Waals surface area contributed by atoms with Gasteiger partial charge in [0, 0.05) is 6.20 Å². The summed E-state index contributed by atoms with van der Waals surface area (Å²) in [6, 6.07) is 8.86. The van der Waals surface area contributed by atoms with Gasteiger partial charge in [0.15, 0.2) is 11.6 Å². The quantitative estimate of drug-likeness (QED) is 0.903. The Bertz CT molecular complexity index is 626. The largest absolute Gasteiger partial charge is 0.381 e. The second-order valence-corrected chi connectivity index (χ2v) is 4.66. The highest BCUT2D eigenvalue weighted by atomic mass is 19.1. The maximum atomic E-state index is 13.7. The van der Waals surface area contributed by atoms with Crippen LogP contribution in [0.2, 0.25) is 0 Å². The van der Waals surface area contributed by atoms with Crippen LogP contribution in [0.15, 0.2) is 36.5 Å². The van der Waals surface area contributed by atoms with Crippen LogP contribution in [0.4, 0.5) is 10.2 Å². The molecule has 0 aliphatic rings. The molecular weight excluding hydrogens is 257 g/mol. The van der Waals surface area contributed by atoms with Crippen molar-refractivity contribution in [2.24, 2.45) is 0 Å². The SMILES string of the molecule is Cc1ccc(C(C)NC(=O)c2ccnc(N)c2F)cc1. The van der Waals surface area contributed by atoms with Crippen molar-refractivity contribution in [3.05, 3.63) is 59.0 Å². The summed E-state index contributed by atoms with van der Waals surface area (Å²) in [5.74, 6) is -1.58. The Morgan fingerprint density at radius 2 is 1.95 bits per heavy atom. The van der Waals surface area contributed by atoms with E-state index in [-0.39, 0.29) is 17.4 Å². The molecule has 2 aromatic rings. The molecule has 20 heavy (non-hydrogen) atoms. The van der Waals surface area contributed by atoms with E-state index < -0.39 is 11.7 Å². The van der Waals surface area contributed by atoms with Crippen molar-refractivity contribution < 1.29 is 9.18 Å². The van der Waals surface area contributed by atoms with Crippen LogP contribution >= 0.6 is 0 Å². The maximum Gasteiger partial charge on any atom is 0.254 e. The first-order valence-electron chi connectivity index (χ1n) is 6.26. The highest BCUT2D eigenvalue weighted by Crippen LogP contribution is 2.16. The molecule has 0 saturated carbocycles. The van der Waals surface area contributed by atoms with Crippen molar-refractivity contribution in [3.8, 4) is 0 Å². The van der Waals surface area contributed by atoms with E-state index >= 15 is 0 Å². The number of nitrogen functional groups attached to an aromatic ring is 1. The van der Waals surface area contributed by atoms with Gasteiger partial charge < -0.3 is 11.1 Å². The molecule has 3 N–H and O–H groups in total. The summed E-state index contributed by atoms with van der Waals surface area (Å²) in [6.07, 6.45) is 1.31. The third-order valence-corrected chi connectivity index (χ3v) is 3.09. The second-order valence-electron chi connectivity index (χ2n) is 4.66. The topological polar surface area (TPSA) is 68.0 Å². The molecule has 0 bridgehead atoms. The summed E-state index contributed by atoms with van der Waals surface area (Å²) in [4.78, 5) is 15.6. The molecule has 1 amide bonds. The second kappa shape index (κ2) is 5.69. The van der Waals surface area contributed by atoms with Crippen molar-refractivity contribution in [2.75, 3.05) is 5.73 Å². The van der Waals surface area contributed by atoms with Crippen LogP contribution in [-0.2, 0) is 0 Å². The predicted molar refractivity (Wildman–Crippen MR) is 75.7 cm³/mol. The Labute approximate surface area is 116 Å². The standard InChI is InChI=1S/C15H16FN3O/c1-9-3-5-11(6-4-9)10(2)19-15(20)12-7-8-18-14(17)13(12)16/h3-8,10H,1-2H3,(H2,17,18)(H,19,20). The number of carbonyl (C=O) groups excluding carboxylic acids is 1. The molecule has 1 aromatic carbocycles. The number of nitrogens with two attached hydrogens (primary N) is 1. The summed E-state index contributed by atoms with van der Waals surface area (Å²) in [7, 11) is 0. The van der Waals surface area contributed by atoms with Gasteiger partial charge in [0.25, 0.3) is 5.91 Å². The first-order chi connectivity index (χ1) is 9.49. The van der Waals surface area contributed by atoms with Crippen molar-refractivity contribution in [1.82, 2.24) is 10.3 Å². The number of rotatable bonds is 3. The van der Waals surface area contributed by atoms with Crippen molar-refractivity contribution >= 4 is 11.7 Å². The van der Waals surface area contributed by atoms with Crippen LogP contribution in [-0.4, -0.2) is 10.9 Å². The zero-order valence-corrected chi connectivity index (χ0v) is 11.4. The monoisotopic (exact) mass is 273 g/mol. The lowest BCUT2D eigenvalue weighted by molar-refractivity contribution is 0.0936. The van der Waals surface area contributed by atoms with Crippen LogP contribution in [0.25, 0.3) is 0 Å². The minimum atomic E-state index is -0.791. The summed E-state index contributed by atoms with van der Waals surface area (Å²) >= 11 is 0. The van der Waals surface area contributed by atoms with Crippen LogP contribution in [0, 0.1) is 12.7 Å². The molecule has 2 rings (SSSR count). The molecule has 1 atom stereocenters. The molecule has 1 aromatic heterocycles. The van der Waals surface area contributed by atoms with Crippen molar-refractivity contribution in [3.63, 3.8) is 0 Å². The molecule has 5 heteroatoms. The zero-order valence-electron chi connectivity index (χ0n) is 11.4. The molecule has 0 spiro atoms. The summed E-state index contributed by atoms with van der Waals surface area (Å²) < 4.78 is 13.7. The number of aromatic nitrogens is 1. The average molecular weight is 273 g/mol. The van der Waals surface area contributed by atoms with Gasteiger partial charge in [0.2, 0.25) is 0 Å². The zero-order chi connectivity index (χ0) is 14.7. The maximum absolute atomic E-state index is 13.7. The van der Waals surface area contributed by atoms with E-state index in [9.17, 15) is 9.18 Å². The van der Waals surface area contributed by atoms with Gasteiger partial charge in [0.05, 0.1) is 11.6 Å². The van der Waals surface area contributed by atoms with Crippen molar-refractivity contribution in [1.29, 1.82) is 0 Å². The number of pyridine rings is 1. The molecule has 1 heterocycles. The van der Waals surface area contributed by atoms with Gasteiger partial charge in [-0.2, -0.15) is 0 Å². The van der Waals surface area contributed by atoms with Gasteiger partial charge in [0.1, 0.15) is 0 Å². The normalized spacial score (nSPS) is 11.9. The van der Waals surface area contributed by atoms with Gasteiger partial charge in [-0.15, -0.1) is 0 Å². The Balaban J connectivity index is 2.15. The predicted octanol–water partition coefficient (Wildman–Crippen LogP) is 2.60. The smallest absolute Gasteiger partial charge is 0.254 e. The summed E-state index contributed by atoms with van der Waals surface area (Å²) in [5.41, 5.74) is 7.34. The first-order valence-corrected chi connectivity index (χ1v) is 6.26. The molecule has 0 aliphatic carbocycles. The minimum absolute atomic E-state index is 0.100. The van der Waals surface area contributed by atoms with Gasteiger partial charge in [-0.3, -0.25) is 4.79 Å². The third kappa shape index (κ3) is 2.93. The number of carbonyl (C=O) groups is 1. The van der Waals surface area contributed by atoms with E-state index in [0.29, 0.717) is 0 Å². The van der Waals surface area contributed by atoms with Gasteiger partial charge >= 0.3 is 0 Å². The third-order valence-electron chi connectivity index (χ3n) is 3.09. The van der Waals surface area contributed by atoms with E-state index in [4.69, 9.17) is 5.73 Å². The van der Waals surface area contributed by atoms with Crippen LogP contribution < -0.4 is 11.1 Å². The lowest BCUT2D eigenvalue weighted by Crippen LogP contribution is -2.27.